The van der Waals surface area contributed by atoms with Crippen LogP contribution in [0.4, 0.5) is 0 Å². The van der Waals surface area contributed by atoms with Gasteiger partial charge in [-0.1, -0.05) is 57.2 Å². The third kappa shape index (κ3) is 3.84. The second-order valence-corrected chi connectivity index (χ2v) is 10.9. The van der Waals surface area contributed by atoms with Crippen LogP contribution in [0.2, 0.25) is 0 Å². The summed E-state index contributed by atoms with van der Waals surface area (Å²) in [5.74, 6) is 2.17. The predicted molar refractivity (Wildman–Crippen MR) is 137 cm³/mol. The minimum Gasteiger partial charge on any atom is -0.322 e. The molecule has 0 bridgehead atoms. The van der Waals surface area contributed by atoms with Crippen molar-refractivity contribution in [3.05, 3.63) is 90.0 Å². The molecular formula is C29H32N4. The summed E-state index contributed by atoms with van der Waals surface area (Å²) < 4.78 is 4.67. The van der Waals surface area contributed by atoms with Gasteiger partial charge in [-0.25, -0.2) is 9.97 Å². The number of benzene rings is 3. The summed E-state index contributed by atoms with van der Waals surface area (Å²) in [4.78, 5) is 9.94. The molecule has 3 aromatic carbocycles. The van der Waals surface area contributed by atoms with Crippen LogP contribution in [0, 0.1) is 0 Å². The van der Waals surface area contributed by atoms with E-state index in [9.17, 15) is 0 Å². The minimum atomic E-state index is -0.0603. The molecule has 0 N–H and O–H groups in total. The third-order valence-electron chi connectivity index (χ3n) is 6.09. The summed E-state index contributed by atoms with van der Waals surface area (Å²) in [5.41, 5.74) is 6.71. The van der Waals surface area contributed by atoms with Gasteiger partial charge in [0.1, 0.15) is 11.6 Å². The number of nitrogens with zero attached hydrogens (tertiary/aromatic N) is 4. The Morgan fingerprint density at radius 2 is 1.24 bits per heavy atom. The van der Waals surface area contributed by atoms with Gasteiger partial charge in [0, 0.05) is 23.1 Å². The van der Waals surface area contributed by atoms with Gasteiger partial charge in [-0.05, 0) is 62.7 Å². The zero-order valence-corrected chi connectivity index (χ0v) is 20.4. The van der Waals surface area contributed by atoms with Crippen molar-refractivity contribution >= 4 is 22.1 Å². The van der Waals surface area contributed by atoms with Crippen LogP contribution in [0.1, 0.15) is 58.8 Å². The average Bonchev–Trinajstić information content (AvgIpc) is 3.32. The molecule has 0 aliphatic heterocycles. The lowest BCUT2D eigenvalue weighted by Gasteiger charge is -2.25. The molecule has 0 atom stereocenters. The molecule has 0 fully saturated rings. The molecule has 0 saturated heterocycles. The van der Waals surface area contributed by atoms with Crippen LogP contribution in [0.15, 0.2) is 72.8 Å². The number of hydrogen-bond acceptors (Lipinski definition) is 2. The number of aromatic nitrogens is 4. The fourth-order valence-electron chi connectivity index (χ4n) is 4.68. The second kappa shape index (κ2) is 7.58. The first kappa shape index (κ1) is 21.4. The largest absolute Gasteiger partial charge is 0.322 e. The highest BCUT2D eigenvalue weighted by atomic mass is 15.1. The molecule has 33 heavy (non-hydrogen) atoms. The van der Waals surface area contributed by atoms with E-state index in [2.05, 4.69) is 123 Å². The second-order valence-electron chi connectivity index (χ2n) is 10.9. The lowest BCUT2D eigenvalue weighted by molar-refractivity contribution is 0.396. The molecule has 4 heteroatoms. The standard InChI is InChI=1S/C29H32N4/c1-28(2,3)27-31-22-11-7-9-13-24(22)32(27)21-17-15-20(16-18-21)19-26-30-23-12-8-10-14-25(23)33(26)29(4,5)6/h7-18H,19H2,1-6H3. The monoisotopic (exact) mass is 436 g/mol. The van der Waals surface area contributed by atoms with Crippen LogP contribution in [0.5, 0.6) is 0 Å². The van der Waals surface area contributed by atoms with Gasteiger partial charge in [-0.2, -0.15) is 0 Å². The van der Waals surface area contributed by atoms with Crippen LogP contribution in [0.25, 0.3) is 27.8 Å². The van der Waals surface area contributed by atoms with Crippen molar-refractivity contribution in [2.24, 2.45) is 0 Å². The van der Waals surface area contributed by atoms with E-state index in [0.717, 1.165) is 40.3 Å². The number of hydrogen-bond donors (Lipinski definition) is 0. The molecule has 0 unspecified atom stereocenters. The first-order valence-corrected chi connectivity index (χ1v) is 11.7. The van der Waals surface area contributed by atoms with Crippen molar-refractivity contribution in [1.29, 1.82) is 0 Å². The molecule has 5 aromatic rings. The van der Waals surface area contributed by atoms with Crippen molar-refractivity contribution in [3.8, 4) is 5.69 Å². The number of para-hydroxylation sites is 4. The van der Waals surface area contributed by atoms with E-state index in [-0.39, 0.29) is 11.0 Å². The van der Waals surface area contributed by atoms with Crippen LogP contribution < -0.4 is 0 Å². The fourth-order valence-corrected chi connectivity index (χ4v) is 4.68. The molecule has 0 amide bonds. The van der Waals surface area contributed by atoms with E-state index in [1.54, 1.807) is 0 Å². The number of imidazole rings is 2. The normalized spacial score (nSPS) is 12.7. The Labute approximate surface area is 195 Å². The molecule has 5 rings (SSSR count). The molecule has 168 valence electrons. The lowest BCUT2D eigenvalue weighted by Crippen LogP contribution is -2.24. The summed E-state index contributed by atoms with van der Waals surface area (Å²) in [6, 6.07) is 25.7. The van der Waals surface area contributed by atoms with Gasteiger partial charge >= 0.3 is 0 Å². The van der Waals surface area contributed by atoms with Crippen LogP contribution in [-0.4, -0.2) is 19.1 Å². The Morgan fingerprint density at radius 1 is 0.667 bits per heavy atom. The topological polar surface area (TPSA) is 35.6 Å². The molecular weight excluding hydrogens is 404 g/mol. The molecule has 2 aromatic heterocycles. The molecule has 0 radical (unpaired) electrons. The van der Waals surface area contributed by atoms with Crippen molar-refractivity contribution in [1.82, 2.24) is 19.1 Å². The zero-order valence-electron chi connectivity index (χ0n) is 20.4. The average molecular weight is 437 g/mol. The van der Waals surface area contributed by atoms with E-state index in [1.165, 1.54) is 11.1 Å². The van der Waals surface area contributed by atoms with Crippen LogP contribution in [-0.2, 0) is 17.4 Å². The molecule has 0 aliphatic carbocycles. The highest BCUT2D eigenvalue weighted by Gasteiger charge is 2.24. The van der Waals surface area contributed by atoms with E-state index in [1.807, 2.05) is 0 Å². The first-order chi connectivity index (χ1) is 15.6. The zero-order chi connectivity index (χ0) is 23.4. The summed E-state index contributed by atoms with van der Waals surface area (Å²) in [5, 5.41) is 0. The smallest absolute Gasteiger partial charge is 0.119 e. The number of fused-ring (bicyclic) bond motifs is 2. The quantitative estimate of drug-likeness (QED) is 0.305. The van der Waals surface area contributed by atoms with Gasteiger partial charge in [0.15, 0.2) is 0 Å². The van der Waals surface area contributed by atoms with E-state index >= 15 is 0 Å². The molecule has 4 nitrogen and oxygen atoms in total. The van der Waals surface area contributed by atoms with Crippen LogP contribution >= 0.6 is 0 Å². The summed E-state index contributed by atoms with van der Waals surface area (Å²) in [7, 11) is 0. The number of rotatable bonds is 3. The predicted octanol–water partition coefficient (Wildman–Crippen LogP) is 7.02. The van der Waals surface area contributed by atoms with Gasteiger partial charge in [0.05, 0.1) is 22.1 Å². The van der Waals surface area contributed by atoms with Crippen molar-refractivity contribution < 1.29 is 0 Å². The Kier molecular flexibility index (Phi) is 4.93. The van der Waals surface area contributed by atoms with Gasteiger partial charge in [-0.15, -0.1) is 0 Å². The highest BCUT2D eigenvalue weighted by Crippen LogP contribution is 2.30. The van der Waals surface area contributed by atoms with Gasteiger partial charge < -0.3 is 4.57 Å². The summed E-state index contributed by atoms with van der Waals surface area (Å²) in [6.45, 7) is 13.4. The van der Waals surface area contributed by atoms with Gasteiger partial charge in [0.2, 0.25) is 0 Å². The maximum Gasteiger partial charge on any atom is 0.119 e. The van der Waals surface area contributed by atoms with E-state index in [0.29, 0.717) is 0 Å². The van der Waals surface area contributed by atoms with Gasteiger partial charge in [-0.3, -0.25) is 4.57 Å². The Balaban J connectivity index is 1.56. The minimum absolute atomic E-state index is 0.0390. The van der Waals surface area contributed by atoms with Crippen LogP contribution in [0.3, 0.4) is 0 Å². The Morgan fingerprint density at radius 3 is 1.85 bits per heavy atom. The van der Waals surface area contributed by atoms with Crippen molar-refractivity contribution in [2.75, 3.05) is 0 Å². The van der Waals surface area contributed by atoms with Crippen molar-refractivity contribution in [3.63, 3.8) is 0 Å². The third-order valence-corrected chi connectivity index (χ3v) is 6.09. The van der Waals surface area contributed by atoms with Gasteiger partial charge in [0.25, 0.3) is 0 Å². The summed E-state index contributed by atoms with van der Waals surface area (Å²) >= 11 is 0. The lowest BCUT2D eigenvalue weighted by atomic mass is 9.95. The Hall–Kier alpha value is -3.40. The molecule has 0 aliphatic rings. The molecule has 0 saturated carbocycles. The summed E-state index contributed by atoms with van der Waals surface area (Å²) in [6.07, 6.45) is 0.795. The first-order valence-electron chi connectivity index (χ1n) is 11.7. The highest BCUT2D eigenvalue weighted by molar-refractivity contribution is 5.79. The van der Waals surface area contributed by atoms with Crippen molar-refractivity contribution in [2.45, 2.75) is 58.9 Å². The SMILES string of the molecule is CC(C)(C)c1nc2ccccc2n1-c1ccc(Cc2nc3ccccc3n2C(C)(C)C)cc1. The maximum absolute atomic E-state index is 4.98. The van der Waals surface area contributed by atoms with E-state index in [4.69, 9.17) is 9.97 Å². The maximum atomic E-state index is 4.98. The fraction of sp³-hybridized carbons (Fsp3) is 0.310. The molecule has 0 spiro atoms. The Bertz CT molecular complexity index is 1440. The van der Waals surface area contributed by atoms with E-state index < -0.39 is 0 Å². The molecule has 2 heterocycles.